The van der Waals surface area contributed by atoms with Gasteiger partial charge in [-0.05, 0) is 31.0 Å². The molecule has 1 heterocycles. The number of esters is 1. The third-order valence-electron chi connectivity index (χ3n) is 3.30. The van der Waals surface area contributed by atoms with Gasteiger partial charge in [-0.1, -0.05) is 23.7 Å². The van der Waals surface area contributed by atoms with E-state index >= 15 is 0 Å². The lowest BCUT2D eigenvalue weighted by Crippen LogP contribution is -2.36. The number of benzene rings is 1. The van der Waals surface area contributed by atoms with Crippen LogP contribution in [0.25, 0.3) is 0 Å². The number of hydrogen-bond donors (Lipinski definition) is 0. The van der Waals surface area contributed by atoms with Crippen molar-refractivity contribution in [3.05, 3.63) is 34.9 Å². The maximum atomic E-state index is 12.2. The Morgan fingerprint density at radius 2 is 2.19 bits per heavy atom. The van der Waals surface area contributed by atoms with E-state index in [1.54, 1.807) is 25.1 Å². The lowest BCUT2D eigenvalue weighted by molar-refractivity contribution is -0.152. The molecule has 0 N–H and O–H groups in total. The van der Waals surface area contributed by atoms with Gasteiger partial charge >= 0.3 is 5.97 Å². The van der Waals surface area contributed by atoms with Gasteiger partial charge in [0.1, 0.15) is 6.54 Å². The van der Waals surface area contributed by atoms with Crippen LogP contribution in [0.4, 0.5) is 0 Å². The Bertz CT molecular complexity index is 573. The Balaban J connectivity index is 2.02. The fourth-order valence-corrected chi connectivity index (χ4v) is 2.57. The van der Waals surface area contributed by atoms with Crippen LogP contribution in [-0.2, 0) is 25.5 Å². The standard InChI is InChI=1S/C15H16ClNO4/c1-2-21-14(19)9-17-13(18)8-11(15(17)20)6-10-4-3-5-12(16)7-10/h3-5,7,11H,2,6,8-9H2,1H3. The first-order chi connectivity index (χ1) is 10.0. The number of likely N-dealkylation sites (tertiary alicyclic amines) is 1. The molecule has 1 aliphatic heterocycles. The summed E-state index contributed by atoms with van der Waals surface area (Å²) in [5.74, 6) is -1.67. The Morgan fingerprint density at radius 1 is 1.43 bits per heavy atom. The maximum Gasteiger partial charge on any atom is 0.326 e. The normalized spacial score (nSPS) is 18.2. The SMILES string of the molecule is CCOC(=O)CN1C(=O)CC(Cc2cccc(Cl)c2)C1=O. The van der Waals surface area contributed by atoms with Crippen LogP contribution in [0.3, 0.4) is 0 Å². The molecular formula is C15H16ClNO4. The van der Waals surface area contributed by atoms with Gasteiger partial charge in [-0.25, -0.2) is 0 Å². The molecule has 2 amide bonds. The molecule has 0 saturated carbocycles. The minimum absolute atomic E-state index is 0.116. The first kappa shape index (κ1) is 15.5. The Labute approximate surface area is 127 Å². The quantitative estimate of drug-likeness (QED) is 0.615. The van der Waals surface area contributed by atoms with Crippen LogP contribution in [0.1, 0.15) is 18.9 Å². The average molecular weight is 310 g/mol. The summed E-state index contributed by atoms with van der Waals surface area (Å²) in [5, 5.41) is 0.590. The van der Waals surface area contributed by atoms with Crippen molar-refractivity contribution in [3.8, 4) is 0 Å². The Morgan fingerprint density at radius 3 is 2.86 bits per heavy atom. The van der Waals surface area contributed by atoms with Crippen molar-refractivity contribution >= 4 is 29.4 Å². The minimum atomic E-state index is -0.567. The second-order valence-electron chi connectivity index (χ2n) is 4.86. The van der Waals surface area contributed by atoms with Crippen molar-refractivity contribution in [2.75, 3.05) is 13.2 Å². The van der Waals surface area contributed by atoms with Crippen LogP contribution in [0.15, 0.2) is 24.3 Å². The molecule has 1 aromatic carbocycles. The molecule has 1 saturated heterocycles. The Hall–Kier alpha value is -1.88. The highest BCUT2D eigenvalue weighted by atomic mass is 35.5. The number of ether oxygens (including phenoxy) is 1. The predicted molar refractivity (Wildman–Crippen MR) is 76.6 cm³/mol. The summed E-state index contributed by atoms with van der Waals surface area (Å²) < 4.78 is 4.77. The molecule has 0 aromatic heterocycles. The first-order valence-electron chi connectivity index (χ1n) is 6.75. The van der Waals surface area contributed by atoms with Gasteiger partial charge in [-0.15, -0.1) is 0 Å². The van der Waals surface area contributed by atoms with Crippen molar-refractivity contribution in [2.45, 2.75) is 19.8 Å². The van der Waals surface area contributed by atoms with Crippen molar-refractivity contribution < 1.29 is 19.1 Å². The van der Waals surface area contributed by atoms with Crippen LogP contribution >= 0.6 is 11.6 Å². The lowest BCUT2D eigenvalue weighted by atomic mass is 9.98. The van der Waals surface area contributed by atoms with E-state index in [1.165, 1.54) is 0 Å². The molecule has 2 rings (SSSR count). The van der Waals surface area contributed by atoms with Crippen molar-refractivity contribution in [1.29, 1.82) is 0 Å². The third-order valence-corrected chi connectivity index (χ3v) is 3.54. The molecule has 0 radical (unpaired) electrons. The number of carbonyl (C=O) groups is 3. The number of amides is 2. The lowest BCUT2D eigenvalue weighted by Gasteiger charge is -2.14. The molecule has 6 heteroatoms. The highest BCUT2D eigenvalue weighted by Gasteiger charge is 2.39. The summed E-state index contributed by atoms with van der Waals surface area (Å²) in [7, 11) is 0. The van der Waals surface area contributed by atoms with Crippen LogP contribution in [0.2, 0.25) is 5.02 Å². The van der Waals surface area contributed by atoms with Crippen LogP contribution in [0.5, 0.6) is 0 Å². The number of halogens is 1. The zero-order valence-corrected chi connectivity index (χ0v) is 12.4. The minimum Gasteiger partial charge on any atom is -0.465 e. The van der Waals surface area contributed by atoms with E-state index in [0.29, 0.717) is 11.4 Å². The Kier molecular flexibility index (Phi) is 4.96. The highest BCUT2D eigenvalue weighted by molar-refractivity contribution is 6.30. The molecule has 21 heavy (non-hydrogen) atoms. The van der Waals surface area contributed by atoms with Crippen molar-refractivity contribution in [1.82, 2.24) is 4.90 Å². The van der Waals surface area contributed by atoms with Crippen LogP contribution < -0.4 is 0 Å². The first-order valence-corrected chi connectivity index (χ1v) is 7.13. The largest absolute Gasteiger partial charge is 0.465 e. The highest BCUT2D eigenvalue weighted by Crippen LogP contribution is 2.24. The topological polar surface area (TPSA) is 63.7 Å². The molecule has 0 bridgehead atoms. The van der Waals surface area contributed by atoms with Crippen molar-refractivity contribution in [2.24, 2.45) is 5.92 Å². The van der Waals surface area contributed by atoms with Gasteiger partial charge in [0.05, 0.1) is 12.5 Å². The molecule has 0 spiro atoms. The summed E-state index contributed by atoms with van der Waals surface area (Å²) in [6, 6.07) is 7.18. The summed E-state index contributed by atoms with van der Waals surface area (Å²) in [6.07, 6.45) is 0.551. The van der Waals surface area contributed by atoms with Crippen LogP contribution in [0, 0.1) is 5.92 Å². The molecule has 1 aliphatic rings. The van der Waals surface area contributed by atoms with E-state index in [1.807, 2.05) is 6.07 Å². The summed E-state index contributed by atoms with van der Waals surface area (Å²) >= 11 is 5.90. The second-order valence-corrected chi connectivity index (χ2v) is 5.29. The van der Waals surface area contributed by atoms with Gasteiger partial charge in [0.25, 0.3) is 0 Å². The molecule has 5 nitrogen and oxygen atoms in total. The molecule has 112 valence electrons. The van der Waals surface area contributed by atoms with Gasteiger partial charge in [0, 0.05) is 11.4 Å². The fourth-order valence-electron chi connectivity index (χ4n) is 2.36. The van der Waals surface area contributed by atoms with E-state index < -0.39 is 11.9 Å². The van der Waals surface area contributed by atoms with Gasteiger partial charge in [-0.3, -0.25) is 19.3 Å². The van der Waals surface area contributed by atoms with Gasteiger partial charge in [0.15, 0.2) is 0 Å². The average Bonchev–Trinajstić information content (AvgIpc) is 2.67. The van der Waals surface area contributed by atoms with E-state index in [-0.39, 0.29) is 31.4 Å². The maximum absolute atomic E-state index is 12.2. The summed E-state index contributed by atoms with van der Waals surface area (Å²) in [5.41, 5.74) is 0.895. The molecule has 1 aromatic rings. The number of carbonyl (C=O) groups excluding carboxylic acids is 3. The van der Waals surface area contributed by atoms with Crippen molar-refractivity contribution in [3.63, 3.8) is 0 Å². The molecule has 1 atom stereocenters. The van der Waals surface area contributed by atoms with E-state index in [2.05, 4.69) is 0 Å². The van der Waals surface area contributed by atoms with E-state index in [9.17, 15) is 14.4 Å². The molecule has 0 aliphatic carbocycles. The predicted octanol–water partition coefficient (Wildman–Crippen LogP) is 1.82. The smallest absolute Gasteiger partial charge is 0.326 e. The van der Waals surface area contributed by atoms with Gasteiger partial charge in [-0.2, -0.15) is 0 Å². The summed E-state index contributed by atoms with van der Waals surface area (Å²) in [4.78, 5) is 36.5. The number of rotatable bonds is 5. The van der Waals surface area contributed by atoms with Gasteiger partial charge < -0.3 is 4.74 Å². The monoisotopic (exact) mass is 309 g/mol. The molecular weight excluding hydrogens is 294 g/mol. The number of nitrogens with zero attached hydrogens (tertiary/aromatic N) is 1. The fraction of sp³-hybridized carbons (Fsp3) is 0.400. The third kappa shape index (κ3) is 3.82. The summed E-state index contributed by atoms with van der Waals surface area (Å²) in [6.45, 7) is 1.59. The number of imide groups is 1. The van der Waals surface area contributed by atoms with Crippen LogP contribution in [-0.4, -0.2) is 35.8 Å². The second kappa shape index (κ2) is 6.72. The van der Waals surface area contributed by atoms with Gasteiger partial charge in [0.2, 0.25) is 11.8 Å². The molecule has 1 fully saturated rings. The number of hydrogen-bond acceptors (Lipinski definition) is 4. The van der Waals surface area contributed by atoms with E-state index in [0.717, 1.165) is 10.5 Å². The van der Waals surface area contributed by atoms with E-state index in [4.69, 9.17) is 16.3 Å². The zero-order valence-electron chi connectivity index (χ0n) is 11.7. The molecule has 1 unspecified atom stereocenters. The zero-order chi connectivity index (χ0) is 15.4.